The van der Waals surface area contributed by atoms with Gasteiger partial charge < -0.3 is 15.2 Å². The monoisotopic (exact) mass is 230 g/mol. The Balaban J connectivity index is 2.29. The lowest BCUT2D eigenvalue weighted by molar-refractivity contribution is 0.0988. The Morgan fingerprint density at radius 2 is 2.12 bits per heavy atom. The summed E-state index contributed by atoms with van der Waals surface area (Å²) in [6, 6.07) is 7.24. The average Bonchev–Trinajstić information content (AvgIpc) is 2.75. The molecular weight excluding hydrogens is 216 g/mol. The van der Waals surface area contributed by atoms with E-state index in [0.717, 1.165) is 0 Å². The number of hydrogen-bond donors (Lipinski definition) is 1. The summed E-state index contributed by atoms with van der Waals surface area (Å²) in [5.74, 6) is -0.177. The molecule has 0 radical (unpaired) electrons. The molecule has 1 amide bonds. The predicted molar refractivity (Wildman–Crippen MR) is 66.8 cm³/mol. The summed E-state index contributed by atoms with van der Waals surface area (Å²) in [7, 11) is 3.50. The number of rotatable bonds is 2. The molecule has 2 N–H and O–H groups in total. The van der Waals surface area contributed by atoms with E-state index in [9.17, 15) is 4.79 Å². The maximum absolute atomic E-state index is 12.1. The highest BCUT2D eigenvalue weighted by Crippen LogP contribution is 2.22. The lowest BCUT2D eigenvalue weighted by atomic mass is 10.2. The number of anilines is 2. The van der Waals surface area contributed by atoms with Crippen LogP contribution in [0.1, 0.15) is 10.5 Å². The van der Waals surface area contributed by atoms with Gasteiger partial charge in [0.05, 0.1) is 17.7 Å². The third kappa shape index (κ3) is 2.13. The van der Waals surface area contributed by atoms with Crippen LogP contribution in [0.2, 0.25) is 0 Å². The highest BCUT2D eigenvalue weighted by molar-refractivity contribution is 6.05. The molecule has 1 aromatic carbocycles. The fraction of sp³-hybridized carbons (Fsp3) is 0.167. The van der Waals surface area contributed by atoms with Crippen molar-refractivity contribution in [3.05, 3.63) is 42.5 Å². The standard InChI is InChI=1S/C12H14N4O/c1-15-7-10(14-8-15)12(17)16(2)11-6-4-3-5-9(11)13/h3-8H,13H2,1-2H3. The summed E-state index contributed by atoms with van der Waals surface area (Å²) in [5, 5.41) is 0. The summed E-state index contributed by atoms with van der Waals surface area (Å²) in [6.07, 6.45) is 3.27. The normalized spacial score (nSPS) is 10.2. The lowest BCUT2D eigenvalue weighted by Crippen LogP contribution is -2.27. The molecule has 0 atom stereocenters. The second-order valence-electron chi connectivity index (χ2n) is 3.85. The van der Waals surface area contributed by atoms with Crippen molar-refractivity contribution in [1.29, 1.82) is 0 Å². The van der Waals surface area contributed by atoms with Crippen LogP contribution in [0, 0.1) is 0 Å². The van der Waals surface area contributed by atoms with E-state index in [4.69, 9.17) is 5.73 Å². The third-order valence-electron chi connectivity index (χ3n) is 2.53. The van der Waals surface area contributed by atoms with Crippen molar-refractivity contribution >= 4 is 17.3 Å². The molecule has 1 heterocycles. The van der Waals surface area contributed by atoms with Crippen molar-refractivity contribution < 1.29 is 4.79 Å². The number of nitrogens with two attached hydrogens (primary N) is 1. The van der Waals surface area contributed by atoms with Crippen molar-refractivity contribution in [2.45, 2.75) is 0 Å². The first-order chi connectivity index (χ1) is 8.09. The molecule has 2 rings (SSSR count). The first-order valence-electron chi connectivity index (χ1n) is 5.20. The second-order valence-corrected chi connectivity index (χ2v) is 3.85. The number of carbonyl (C=O) groups is 1. The van der Waals surface area contributed by atoms with Gasteiger partial charge in [-0.2, -0.15) is 0 Å². The SMILES string of the molecule is CN(C(=O)c1cn(C)cn1)c1ccccc1N. The number of aromatic nitrogens is 2. The zero-order valence-electron chi connectivity index (χ0n) is 9.79. The van der Waals surface area contributed by atoms with Crippen LogP contribution in [0.3, 0.4) is 0 Å². The van der Waals surface area contributed by atoms with Crippen LogP contribution in [0.5, 0.6) is 0 Å². The number of nitrogen functional groups attached to an aromatic ring is 1. The maximum atomic E-state index is 12.1. The van der Waals surface area contributed by atoms with Gasteiger partial charge in [-0.25, -0.2) is 4.98 Å². The van der Waals surface area contributed by atoms with Gasteiger partial charge >= 0.3 is 0 Å². The van der Waals surface area contributed by atoms with Crippen molar-refractivity contribution in [3.63, 3.8) is 0 Å². The first kappa shape index (κ1) is 11.2. The van der Waals surface area contributed by atoms with Crippen LogP contribution in [0.25, 0.3) is 0 Å². The van der Waals surface area contributed by atoms with Crippen LogP contribution in [-0.2, 0) is 7.05 Å². The Bertz CT molecular complexity index is 547. The number of para-hydroxylation sites is 2. The molecule has 2 aromatic rings. The molecule has 0 unspecified atom stereocenters. The second kappa shape index (κ2) is 4.29. The molecule has 0 saturated carbocycles. The molecule has 0 fully saturated rings. The number of amides is 1. The van der Waals surface area contributed by atoms with Gasteiger partial charge in [0.2, 0.25) is 0 Å². The Labute approximate surface area is 99.5 Å². The van der Waals surface area contributed by atoms with E-state index in [-0.39, 0.29) is 5.91 Å². The highest BCUT2D eigenvalue weighted by atomic mass is 16.2. The molecule has 17 heavy (non-hydrogen) atoms. The minimum Gasteiger partial charge on any atom is -0.397 e. The van der Waals surface area contributed by atoms with E-state index in [0.29, 0.717) is 17.1 Å². The first-order valence-corrected chi connectivity index (χ1v) is 5.20. The van der Waals surface area contributed by atoms with Crippen LogP contribution in [-0.4, -0.2) is 22.5 Å². The Hall–Kier alpha value is -2.30. The molecule has 5 nitrogen and oxygen atoms in total. The minimum absolute atomic E-state index is 0.177. The van der Waals surface area contributed by atoms with Gasteiger partial charge in [0.25, 0.3) is 5.91 Å². The molecule has 88 valence electrons. The number of imidazole rings is 1. The largest absolute Gasteiger partial charge is 0.397 e. The van der Waals surface area contributed by atoms with Gasteiger partial charge in [0.15, 0.2) is 0 Å². The molecule has 0 aliphatic heterocycles. The van der Waals surface area contributed by atoms with E-state index < -0.39 is 0 Å². The number of carbonyl (C=O) groups excluding carboxylic acids is 1. The Morgan fingerprint density at radius 1 is 1.41 bits per heavy atom. The fourth-order valence-corrected chi connectivity index (χ4v) is 1.60. The van der Waals surface area contributed by atoms with Gasteiger partial charge in [0, 0.05) is 20.3 Å². The average molecular weight is 230 g/mol. The zero-order valence-corrected chi connectivity index (χ0v) is 9.79. The molecular formula is C12H14N4O. The maximum Gasteiger partial charge on any atom is 0.278 e. The van der Waals surface area contributed by atoms with E-state index >= 15 is 0 Å². The zero-order chi connectivity index (χ0) is 12.4. The quantitative estimate of drug-likeness (QED) is 0.790. The van der Waals surface area contributed by atoms with Crippen molar-refractivity contribution in [1.82, 2.24) is 9.55 Å². The number of hydrogen-bond acceptors (Lipinski definition) is 3. The van der Waals surface area contributed by atoms with Gasteiger partial charge in [0.1, 0.15) is 5.69 Å². The van der Waals surface area contributed by atoms with Crippen LogP contribution in [0.4, 0.5) is 11.4 Å². The fourth-order valence-electron chi connectivity index (χ4n) is 1.60. The van der Waals surface area contributed by atoms with Crippen LogP contribution < -0.4 is 10.6 Å². The van der Waals surface area contributed by atoms with Crippen LogP contribution in [0.15, 0.2) is 36.8 Å². The molecule has 0 spiro atoms. The Kier molecular flexibility index (Phi) is 2.82. The number of benzene rings is 1. The van der Waals surface area contributed by atoms with Gasteiger partial charge in [-0.15, -0.1) is 0 Å². The number of aryl methyl sites for hydroxylation is 1. The highest BCUT2D eigenvalue weighted by Gasteiger charge is 2.17. The predicted octanol–water partition coefficient (Wildman–Crippen LogP) is 1.28. The van der Waals surface area contributed by atoms with Gasteiger partial charge in [-0.05, 0) is 12.1 Å². The summed E-state index contributed by atoms with van der Waals surface area (Å²) < 4.78 is 1.73. The van der Waals surface area contributed by atoms with Gasteiger partial charge in [-0.3, -0.25) is 4.79 Å². The summed E-state index contributed by atoms with van der Waals surface area (Å²) in [5.41, 5.74) is 7.48. The molecule has 0 bridgehead atoms. The van der Waals surface area contributed by atoms with E-state index in [1.54, 1.807) is 36.3 Å². The van der Waals surface area contributed by atoms with Crippen molar-refractivity contribution in [2.75, 3.05) is 17.7 Å². The lowest BCUT2D eigenvalue weighted by Gasteiger charge is -2.17. The van der Waals surface area contributed by atoms with Crippen molar-refractivity contribution in [3.8, 4) is 0 Å². The molecule has 5 heteroatoms. The molecule has 0 aliphatic carbocycles. The van der Waals surface area contributed by atoms with E-state index in [2.05, 4.69) is 4.98 Å². The topological polar surface area (TPSA) is 64.2 Å². The molecule has 0 saturated heterocycles. The molecule has 1 aromatic heterocycles. The minimum atomic E-state index is -0.177. The summed E-state index contributed by atoms with van der Waals surface area (Å²) in [4.78, 5) is 17.6. The number of nitrogens with zero attached hydrogens (tertiary/aromatic N) is 3. The smallest absolute Gasteiger partial charge is 0.278 e. The van der Waals surface area contributed by atoms with Crippen molar-refractivity contribution in [2.24, 2.45) is 7.05 Å². The van der Waals surface area contributed by atoms with Crippen LogP contribution >= 0.6 is 0 Å². The molecule has 0 aliphatic rings. The summed E-state index contributed by atoms with van der Waals surface area (Å²) >= 11 is 0. The van der Waals surface area contributed by atoms with E-state index in [1.807, 2.05) is 19.2 Å². The van der Waals surface area contributed by atoms with Gasteiger partial charge in [-0.1, -0.05) is 12.1 Å². The summed E-state index contributed by atoms with van der Waals surface area (Å²) in [6.45, 7) is 0. The van der Waals surface area contributed by atoms with E-state index in [1.165, 1.54) is 4.90 Å². The third-order valence-corrected chi connectivity index (χ3v) is 2.53. The Morgan fingerprint density at radius 3 is 2.71 bits per heavy atom.